The molecule has 2 aromatic carbocycles. The maximum atomic E-state index is 12.4. The van der Waals surface area contributed by atoms with Gasteiger partial charge < -0.3 is 10.1 Å². The van der Waals surface area contributed by atoms with Crippen LogP contribution in [0.3, 0.4) is 0 Å². The molecule has 2 aromatic rings. The number of amides is 3. The number of hydrogen-bond donors (Lipinski definition) is 4. The van der Waals surface area contributed by atoms with Crippen molar-refractivity contribution in [2.75, 3.05) is 19.6 Å². The zero-order valence-electron chi connectivity index (χ0n) is 14.1. The van der Waals surface area contributed by atoms with Crippen molar-refractivity contribution in [3.8, 4) is 5.75 Å². The van der Waals surface area contributed by atoms with E-state index in [1.165, 1.54) is 44.5 Å². The quantitative estimate of drug-likeness (QED) is 0.557. The summed E-state index contributed by atoms with van der Waals surface area (Å²) in [6.45, 7) is 0. The number of nitrogens with one attached hydrogen (secondary N) is 4. The highest BCUT2D eigenvalue weighted by Gasteiger charge is 2.20. The fourth-order valence-electron chi connectivity index (χ4n) is 1.98. The van der Waals surface area contributed by atoms with Crippen molar-refractivity contribution in [2.45, 2.75) is 4.90 Å². The Labute approximate surface area is 150 Å². The van der Waals surface area contributed by atoms with E-state index in [-0.39, 0.29) is 16.2 Å². The number of sulfonamides is 1. The maximum absolute atomic E-state index is 12.4. The molecule has 0 saturated heterocycles. The summed E-state index contributed by atoms with van der Waals surface area (Å²) in [5.74, 6) is -0.536. The Bertz CT molecular complexity index is 897. The lowest BCUT2D eigenvalue weighted by molar-refractivity contribution is 0.0978. The summed E-state index contributed by atoms with van der Waals surface area (Å²) < 4.78 is 31.8. The van der Waals surface area contributed by atoms with Gasteiger partial charge in [-0.15, -0.1) is 0 Å². The predicted molar refractivity (Wildman–Crippen MR) is 95.3 cm³/mol. The van der Waals surface area contributed by atoms with Crippen LogP contribution >= 0.6 is 0 Å². The van der Waals surface area contributed by atoms with Crippen molar-refractivity contribution in [1.29, 1.82) is 0 Å². The number of anilines is 1. The van der Waals surface area contributed by atoms with Gasteiger partial charge in [0.25, 0.3) is 15.9 Å². The van der Waals surface area contributed by atoms with Crippen LogP contribution in [0, 0.1) is 0 Å². The van der Waals surface area contributed by atoms with Crippen molar-refractivity contribution < 1.29 is 22.7 Å². The Kier molecular flexibility index (Phi) is 6.02. The standard InChI is InChI=1S/C16H18N4O5S/c1-17-16(22)19-18-11-7-9-12(10-8-11)26(23,24)20-15(21)13-5-3-4-6-14(13)25-2/h3-10,18H,1-2H3,(H,20,21)(H2,17,19,22). The number of carbonyl (C=O) groups is 2. The van der Waals surface area contributed by atoms with E-state index in [9.17, 15) is 18.0 Å². The lowest BCUT2D eigenvalue weighted by atomic mass is 10.2. The van der Waals surface area contributed by atoms with E-state index in [1.54, 1.807) is 18.2 Å². The van der Waals surface area contributed by atoms with Crippen molar-refractivity contribution >= 4 is 27.6 Å². The molecule has 0 aromatic heterocycles. The van der Waals surface area contributed by atoms with Crippen molar-refractivity contribution in [2.24, 2.45) is 0 Å². The summed E-state index contributed by atoms with van der Waals surface area (Å²) in [7, 11) is -1.22. The SMILES string of the molecule is CNC(=O)NNc1ccc(S(=O)(=O)NC(=O)c2ccccc2OC)cc1. The Morgan fingerprint density at radius 3 is 2.27 bits per heavy atom. The van der Waals surface area contributed by atoms with Crippen LogP contribution in [-0.2, 0) is 10.0 Å². The maximum Gasteiger partial charge on any atom is 0.333 e. The summed E-state index contributed by atoms with van der Waals surface area (Å²) in [5, 5.41) is 2.35. The Morgan fingerprint density at radius 2 is 1.65 bits per heavy atom. The van der Waals surface area contributed by atoms with Gasteiger partial charge in [-0.05, 0) is 36.4 Å². The number of para-hydroxylation sites is 1. The highest BCUT2D eigenvalue weighted by molar-refractivity contribution is 7.90. The van der Waals surface area contributed by atoms with Gasteiger partial charge in [-0.25, -0.2) is 17.9 Å². The normalized spacial score (nSPS) is 10.5. The summed E-state index contributed by atoms with van der Waals surface area (Å²) in [6.07, 6.45) is 0. The van der Waals surface area contributed by atoms with Crippen LogP contribution in [0.25, 0.3) is 0 Å². The fraction of sp³-hybridized carbons (Fsp3) is 0.125. The third kappa shape index (κ3) is 4.63. The van der Waals surface area contributed by atoms with Crippen LogP contribution < -0.4 is 25.6 Å². The van der Waals surface area contributed by atoms with Gasteiger partial charge in [0.05, 0.1) is 23.3 Å². The topological polar surface area (TPSA) is 126 Å². The number of urea groups is 1. The first kappa shape index (κ1) is 19.1. The van der Waals surface area contributed by atoms with E-state index in [1.807, 2.05) is 4.72 Å². The van der Waals surface area contributed by atoms with Gasteiger partial charge in [-0.3, -0.25) is 15.6 Å². The largest absolute Gasteiger partial charge is 0.496 e. The van der Waals surface area contributed by atoms with Crippen molar-refractivity contribution in [3.63, 3.8) is 0 Å². The van der Waals surface area contributed by atoms with Crippen LogP contribution in [0.2, 0.25) is 0 Å². The molecule has 0 heterocycles. The van der Waals surface area contributed by atoms with Gasteiger partial charge in [-0.2, -0.15) is 0 Å². The average Bonchev–Trinajstić information content (AvgIpc) is 2.65. The zero-order chi connectivity index (χ0) is 19.2. The second kappa shape index (κ2) is 8.21. The van der Waals surface area contributed by atoms with Gasteiger partial charge >= 0.3 is 6.03 Å². The first-order valence-electron chi connectivity index (χ1n) is 7.41. The highest BCUT2D eigenvalue weighted by atomic mass is 32.2. The molecule has 9 nitrogen and oxygen atoms in total. The van der Waals surface area contributed by atoms with Gasteiger partial charge in [0, 0.05) is 7.05 Å². The molecule has 0 aliphatic rings. The number of benzene rings is 2. The lowest BCUT2D eigenvalue weighted by Crippen LogP contribution is -2.36. The third-order valence-corrected chi connectivity index (χ3v) is 4.64. The van der Waals surface area contributed by atoms with Crippen molar-refractivity contribution in [3.05, 3.63) is 54.1 Å². The molecule has 0 fully saturated rings. The van der Waals surface area contributed by atoms with Gasteiger partial charge in [0.1, 0.15) is 5.75 Å². The van der Waals surface area contributed by atoms with Crippen LogP contribution in [-0.4, -0.2) is 34.5 Å². The zero-order valence-corrected chi connectivity index (χ0v) is 14.9. The average molecular weight is 378 g/mol. The van der Waals surface area contributed by atoms with E-state index < -0.39 is 22.0 Å². The van der Waals surface area contributed by atoms with Gasteiger partial charge in [-0.1, -0.05) is 12.1 Å². The Morgan fingerprint density at radius 1 is 1.00 bits per heavy atom. The number of hydrogen-bond acceptors (Lipinski definition) is 6. The first-order valence-corrected chi connectivity index (χ1v) is 8.89. The van der Waals surface area contributed by atoms with Crippen LogP contribution in [0.15, 0.2) is 53.4 Å². The summed E-state index contributed by atoms with van der Waals surface area (Å²) in [4.78, 5) is 23.2. The molecule has 0 aliphatic carbocycles. The molecule has 3 amide bonds. The second-order valence-corrected chi connectivity index (χ2v) is 6.67. The number of carbonyl (C=O) groups excluding carboxylic acids is 2. The molecule has 0 bridgehead atoms. The van der Waals surface area contributed by atoms with E-state index in [4.69, 9.17) is 4.74 Å². The molecule has 0 aliphatic heterocycles. The minimum absolute atomic E-state index is 0.103. The minimum Gasteiger partial charge on any atom is -0.496 e. The Hall–Kier alpha value is -3.27. The molecule has 0 spiro atoms. The molecular weight excluding hydrogens is 360 g/mol. The second-order valence-electron chi connectivity index (χ2n) is 4.99. The van der Waals surface area contributed by atoms with Gasteiger partial charge in [0.15, 0.2) is 0 Å². The van der Waals surface area contributed by atoms with Crippen molar-refractivity contribution in [1.82, 2.24) is 15.5 Å². The number of hydrazine groups is 1. The summed E-state index contributed by atoms with van der Waals surface area (Å²) in [6, 6.07) is 11.3. The molecule has 0 atom stereocenters. The fourth-order valence-corrected chi connectivity index (χ4v) is 2.94. The molecule has 10 heteroatoms. The molecule has 138 valence electrons. The molecule has 4 N–H and O–H groups in total. The van der Waals surface area contributed by atoms with E-state index in [2.05, 4.69) is 16.2 Å². The highest BCUT2D eigenvalue weighted by Crippen LogP contribution is 2.19. The first-order chi connectivity index (χ1) is 12.4. The number of rotatable bonds is 6. The van der Waals surface area contributed by atoms with Gasteiger partial charge in [0.2, 0.25) is 0 Å². The van der Waals surface area contributed by atoms with Crippen LogP contribution in [0.1, 0.15) is 10.4 Å². The van der Waals surface area contributed by atoms with Crippen LogP contribution in [0.5, 0.6) is 5.75 Å². The van der Waals surface area contributed by atoms with E-state index in [0.29, 0.717) is 5.69 Å². The lowest BCUT2D eigenvalue weighted by Gasteiger charge is -2.11. The minimum atomic E-state index is -4.07. The molecule has 26 heavy (non-hydrogen) atoms. The molecule has 0 saturated carbocycles. The number of methoxy groups -OCH3 is 1. The predicted octanol–water partition coefficient (Wildman–Crippen LogP) is 1.07. The monoisotopic (exact) mass is 378 g/mol. The molecular formula is C16H18N4O5S. The summed E-state index contributed by atoms with van der Waals surface area (Å²) in [5.41, 5.74) is 5.50. The number of ether oxygens (including phenoxy) is 1. The molecule has 0 radical (unpaired) electrons. The Balaban J connectivity index is 2.12. The smallest absolute Gasteiger partial charge is 0.333 e. The van der Waals surface area contributed by atoms with Crippen LogP contribution in [0.4, 0.5) is 10.5 Å². The van der Waals surface area contributed by atoms with E-state index >= 15 is 0 Å². The third-order valence-electron chi connectivity index (χ3n) is 3.29. The van der Waals surface area contributed by atoms with E-state index in [0.717, 1.165) is 0 Å². The summed E-state index contributed by atoms with van der Waals surface area (Å²) >= 11 is 0. The molecule has 2 rings (SSSR count). The molecule has 0 unspecified atom stereocenters.